The maximum absolute atomic E-state index is 12.3. The number of ether oxygens (including phenoxy) is 1. The molecule has 0 unspecified atom stereocenters. The van der Waals surface area contributed by atoms with Crippen LogP contribution in [0.25, 0.3) is 16.4 Å². The number of benzene rings is 1. The van der Waals surface area contributed by atoms with E-state index in [-0.39, 0.29) is 0 Å². The summed E-state index contributed by atoms with van der Waals surface area (Å²) in [4.78, 5) is 0. The van der Waals surface area contributed by atoms with E-state index < -0.39 is 0 Å². The van der Waals surface area contributed by atoms with Gasteiger partial charge >= 0.3 is 0 Å². The van der Waals surface area contributed by atoms with Gasteiger partial charge in [0, 0.05) is 32.4 Å². The molecule has 0 atom stereocenters. The van der Waals surface area contributed by atoms with Gasteiger partial charge in [0.2, 0.25) is 11.4 Å². The summed E-state index contributed by atoms with van der Waals surface area (Å²) in [7, 11) is 1.68. The zero-order valence-corrected chi connectivity index (χ0v) is 11.8. The van der Waals surface area contributed by atoms with Crippen molar-refractivity contribution in [3.8, 4) is 0 Å². The van der Waals surface area contributed by atoms with Gasteiger partial charge in [0.05, 0.1) is 11.7 Å². The van der Waals surface area contributed by atoms with E-state index in [0.717, 1.165) is 45.4 Å². The highest BCUT2D eigenvalue weighted by Gasteiger charge is 2.15. The SMILES string of the molecule is COCCCc1cn2c(cc3ccccc32)c(C)[n+]1[O-]. The Balaban J connectivity index is 2.17. The number of hydrogen-bond acceptors (Lipinski definition) is 2. The van der Waals surface area contributed by atoms with E-state index in [9.17, 15) is 5.21 Å². The largest absolute Gasteiger partial charge is 0.618 e. The molecule has 0 aliphatic carbocycles. The summed E-state index contributed by atoms with van der Waals surface area (Å²) < 4.78 is 8.22. The molecular weight excluding hydrogens is 252 g/mol. The molecule has 4 nitrogen and oxygen atoms in total. The molecule has 4 heteroatoms. The van der Waals surface area contributed by atoms with Crippen LogP contribution in [-0.4, -0.2) is 18.1 Å². The number of aryl methyl sites for hydroxylation is 2. The van der Waals surface area contributed by atoms with Crippen molar-refractivity contribution in [3.05, 3.63) is 53.1 Å². The summed E-state index contributed by atoms with van der Waals surface area (Å²) in [6, 6.07) is 10.3. The first-order valence-electron chi connectivity index (χ1n) is 6.83. The van der Waals surface area contributed by atoms with E-state index in [2.05, 4.69) is 22.6 Å². The lowest BCUT2D eigenvalue weighted by Gasteiger charge is -2.09. The molecule has 0 aliphatic rings. The minimum absolute atomic E-state index is 0.670. The highest BCUT2D eigenvalue weighted by molar-refractivity contribution is 5.87. The standard InChI is InChI=1S/C16H18N2O2/c1-12-16-10-13-6-3-4-8-15(13)17(16)11-14(18(12)19)7-5-9-20-2/h3-4,6,8,10-11H,5,7,9H2,1-2H3. The summed E-state index contributed by atoms with van der Waals surface area (Å²) in [6.07, 6.45) is 3.52. The van der Waals surface area contributed by atoms with E-state index in [4.69, 9.17) is 4.74 Å². The van der Waals surface area contributed by atoms with E-state index in [1.165, 1.54) is 0 Å². The molecule has 0 radical (unpaired) electrons. The average molecular weight is 270 g/mol. The lowest BCUT2D eigenvalue weighted by Crippen LogP contribution is -2.36. The van der Waals surface area contributed by atoms with Crippen molar-refractivity contribution in [2.45, 2.75) is 19.8 Å². The zero-order valence-electron chi connectivity index (χ0n) is 11.8. The molecule has 0 saturated carbocycles. The highest BCUT2D eigenvalue weighted by Crippen LogP contribution is 2.21. The number of para-hydroxylation sites is 1. The third-order valence-electron chi connectivity index (χ3n) is 3.74. The van der Waals surface area contributed by atoms with Gasteiger partial charge in [-0.25, -0.2) is 0 Å². The van der Waals surface area contributed by atoms with Gasteiger partial charge in [-0.15, -0.1) is 0 Å². The van der Waals surface area contributed by atoms with Crippen LogP contribution in [0.2, 0.25) is 0 Å². The fourth-order valence-corrected chi connectivity index (χ4v) is 2.68. The highest BCUT2D eigenvalue weighted by atomic mass is 16.5. The second kappa shape index (κ2) is 5.13. The van der Waals surface area contributed by atoms with Gasteiger partial charge in [-0.1, -0.05) is 18.2 Å². The van der Waals surface area contributed by atoms with Gasteiger partial charge in [0.15, 0.2) is 0 Å². The van der Waals surface area contributed by atoms with Gasteiger partial charge in [-0.05, 0) is 18.6 Å². The van der Waals surface area contributed by atoms with Crippen LogP contribution in [0.4, 0.5) is 0 Å². The van der Waals surface area contributed by atoms with Crippen molar-refractivity contribution in [2.24, 2.45) is 0 Å². The van der Waals surface area contributed by atoms with Gasteiger partial charge < -0.3 is 14.3 Å². The molecule has 104 valence electrons. The lowest BCUT2D eigenvalue weighted by molar-refractivity contribution is -0.620. The second-order valence-electron chi connectivity index (χ2n) is 5.05. The van der Waals surface area contributed by atoms with Gasteiger partial charge in [-0.2, -0.15) is 4.73 Å². The summed E-state index contributed by atoms with van der Waals surface area (Å²) in [6.45, 7) is 2.55. The van der Waals surface area contributed by atoms with E-state index in [1.807, 2.05) is 25.3 Å². The molecule has 0 spiro atoms. The first-order chi connectivity index (χ1) is 9.72. The topological polar surface area (TPSA) is 40.6 Å². The number of methoxy groups -OCH3 is 1. The minimum Gasteiger partial charge on any atom is -0.618 e. The molecule has 0 bridgehead atoms. The van der Waals surface area contributed by atoms with E-state index in [0.29, 0.717) is 6.61 Å². The normalized spacial score (nSPS) is 11.5. The zero-order chi connectivity index (χ0) is 14.1. The Morgan fingerprint density at radius 1 is 1.25 bits per heavy atom. The summed E-state index contributed by atoms with van der Waals surface area (Å²) in [5, 5.41) is 13.5. The first kappa shape index (κ1) is 12.9. The second-order valence-corrected chi connectivity index (χ2v) is 5.05. The van der Waals surface area contributed by atoms with Crippen LogP contribution in [0.5, 0.6) is 0 Å². The Hall–Kier alpha value is -2.07. The molecule has 3 rings (SSSR count). The van der Waals surface area contributed by atoms with Crippen molar-refractivity contribution in [2.75, 3.05) is 13.7 Å². The van der Waals surface area contributed by atoms with Crippen molar-refractivity contribution in [3.63, 3.8) is 0 Å². The summed E-state index contributed by atoms with van der Waals surface area (Å²) in [5.74, 6) is 0. The van der Waals surface area contributed by atoms with Crippen LogP contribution in [0.15, 0.2) is 36.5 Å². The van der Waals surface area contributed by atoms with Crippen molar-refractivity contribution in [1.29, 1.82) is 0 Å². The van der Waals surface area contributed by atoms with Crippen LogP contribution in [-0.2, 0) is 11.2 Å². The fraction of sp³-hybridized carbons (Fsp3) is 0.312. The van der Waals surface area contributed by atoms with Crippen molar-refractivity contribution in [1.82, 2.24) is 4.40 Å². The molecule has 20 heavy (non-hydrogen) atoms. The van der Waals surface area contributed by atoms with Crippen molar-refractivity contribution >= 4 is 16.4 Å². The fourth-order valence-electron chi connectivity index (χ4n) is 2.68. The Labute approximate surface area is 117 Å². The summed E-state index contributed by atoms with van der Waals surface area (Å²) >= 11 is 0. The lowest BCUT2D eigenvalue weighted by atomic mass is 10.2. The minimum atomic E-state index is 0.670. The van der Waals surface area contributed by atoms with Gasteiger partial charge in [0.1, 0.15) is 5.52 Å². The van der Waals surface area contributed by atoms with Crippen LogP contribution in [0, 0.1) is 12.1 Å². The third-order valence-corrected chi connectivity index (χ3v) is 3.74. The van der Waals surface area contributed by atoms with E-state index in [1.54, 1.807) is 7.11 Å². The average Bonchev–Trinajstić information content (AvgIpc) is 2.83. The number of nitrogens with zero attached hydrogens (tertiary/aromatic N) is 2. The molecule has 3 aromatic rings. The van der Waals surface area contributed by atoms with E-state index >= 15 is 0 Å². The molecule has 2 aromatic heterocycles. The predicted octanol–water partition coefficient (Wildman–Crippen LogP) is 2.61. The van der Waals surface area contributed by atoms with Crippen LogP contribution < -0.4 is 4.73 Å². The van der Waals surface area contributed by atoms with Crippen molar-refractivity contribution < 1.29 is 9.47 Å². The van der Waals surface area contributed by atoms with Crippen LogP contribution >= 0.6 is 0 Å². The number of rotatable bonds is 4. The third kappa shape index (κ3) is 2.02. The number of fused-ring (bicyclic) bond motifs is 3. The quantitative estimate of drug-likeness (QED) is 0.415. The Bertz CT molecular complexity index is 762. The first-order valence-corrected chi connectivity index (χ1v) is 6.83. The molecule has 0 N–H and O–H groups in total. The maximum atomic E-state index is 12.3. The number of aromatic nitrogens is 2. The molecule has 1 aromatic carbocycles. The molecule has 0 fully saturated rings. The Kier molecular flexibility index (Phi) is 3.32. The maximum Gasteiger partial charge on any atom is 0.214 e. The number of hydrogen-bond donors (Lipinski definition) is 0. The van der Waals surface area contributed by atoms with Gasteiger partial charge in [0.25, 0.3) is 0 Å². The van der Waals surface area contributed by atoms with Crippen LogP contribution in [0.3, 0.4) is 0 Å². The smallest absolute Gasteiger partial charge is 0.214 e. The predicted molar refractivity (Wildman–Crippen MR) is 78.8 cm³/mol. The van der Waals surface area contributed by atoms with Crippen LogP contribution in [0.1, 0.15) is 17.8 Å². The Morgan fingerprint density at radius 2 is 2.05 bits per heavy atom. The molecule has 0 saturated heterocycles. The molecule has 2 heterocycles. The molecule has 0 aliphatic heterocycles. The van der Waals surface area contributed by atoms with Gasteiger partial charge in [-0.3, -0.25) is 0 Å². The molecule has 0 amide bonds. The summed E-state index contributed by atoms with van der Waals surface area (Å²) in [5.41, 5.74) is 3.64. The monoisotopic (exact) mass is 270 g/mol. The Morgan fingerprint density at radius 3 is 2.85 bits per heavy atom. The molecular formula is C16H18N2O2.